The Hall–Kier alpha value is -2.46. The summed E-state index contributed by atoms with van der Waals surface area (Å²) in [5.74, 6) is 0.00371. The lowest BCUT2D eigenvalue weighted by atomic mass is 10.2. The number of rotatable bonds is 7. The molecule has 0 aliphatic rings. The van der Waals surface area contributed by atoms with Gasteiger partial charge in [-0.25, -0.2) is 5.43 Å². The molecule has 0 aliphatic carbocycles. The van der Waals surface area contributed by atoms with Crippen LogP contribution >= 0.6 is 31.9 Å². The highest BCUT2D eigenvalue weighted by molar-refractivity contribution is 9.11. The molecule has 26 heavy (non-hydrogen) atoms. The Balaban J connectivity index is 1.98. The summed E-state index contributed by atoms with van der Waals surface area (Å²) in [4.78, 5) is 22.1. The molecular formula is C16H13Br2N3O5. The molecule has 0 aromatic heterocycles. The van der Waals surface area contributed by atoms with E-state index in [2.05, 4.69) is 42.4 Å². The topological polar surface area (TPSA) is 103 Å². The molecule has 8 nitrogen and oxygen atoms in total. The number of carbonyl (C=O) groups excluding carboxylic acids is 1. The minimum absolute atomic E-state index is 0.00854. The maximum atomic E-state index is 11.8. The summed E-state index contributed by atoms with van der Waals surface area (Å²) in [6, 6.07) is 9.38. The fourth-order valence-electron chi connectivity index (χ4n) is 1.97. The number of hydrogen-bond donors (Lipinski definition) is 1. The fourth-order valence-corrected chi connectivity index (χ4v) is 3.39. The molecule has 2 aromatic rings. The van der Waals surface area contributed by atoms with Crippen LogP contribution in [0.1, 0.15) is 5.56 Å². The van der Waals surface area contributed by atoms with E-state index in [1.165, 1.54) is 31.5 Å². The minimum atomic E-state index is -0.581. The van der Waals surface area contributed by atoms with Gasteiger partial charge in [0.2, 0.25) is 0 Å². The van der Waals surface area contributed by atoms with Crippen molar-refractivity contribution in [2.24, 2.45) is 5.10 Å². The summed E-state index contributed by atoms with van der Waals surface area (Å²) in [6.07, 6.45) is 1.41. The molecule has 2 aromatic carbocycles. The highest BCUT2D eigenvalue weighted by Crippen LogP contribution is 2.31. The summed E-state index contributed by atoms with van der Waals surface area (Å²) < 4.78 is 12.0. The second kappa shape index (κ2) is 9.30. The number of hydrazone groups is 1. The van der Waals surface area contributed by atoms with Crippen LogP contribution in [0.15, 0.2) is 50.4 Å². The normalized spacial score (nSPS) is 10.6. The molecule has 0 atom stereocenters. The van der Waals surface area contributed by atoms with Gasteiger partial charge < -0.3 is 9.47 Å². The van der Waals surface area contributed by atoms with E-state index in [-0.39, 0.29) is 11.4 Å². The molecule has 0 spiro atoms. The third-order valence-corrected chi connectivity index (χ3v) is 4.10. The standard InChI is InChI=1S/C16H13Br2N3O5/c1-25-16-10(6-11(17)7-12(16)18)8-19-20-15(22)9-26-14-5-3-2-4-13(14)21(23)24/h2-8H,9H2,1H3,(H,20,22)/b19-8-. The number of carbonyl (C=O) groups is 1. The lowest BCUT2D eigenvalue weighted by Gasteiger charge is -2.08. The first-order valence-corrected chi connectivity index (χ1v) is 8.72. The van der Waals surface area contributed by atoms with Gasteiger partial charge in [0.25, 0.3) is 5.91 Å². The van der Waals surface area contributed by atoms with E-state index in [0.29, 0.717) is 11.3 Å². The molecule has 0 aliphatic heterocycles. The van der Waals surface area contributed by atoms with Crippen LogP contribution in [0.2, 0.25) is 0 Å². The van der Waals surface area contributed by atoms with E-state index in [9.17, 15) is 14.9 Å². The number of hydrogen-bond acceptors (Lipinski definition) is 6. The molecule has 0 bridgehead atoms. The highest BCUT2D eigenvalue weighted by atomic mass is 79.9. The van der Waals surface area contributed by atoms with Gasteiger partial charge in [-0.15, -0.1) is 0 Å². The van der Waals surface area contributed by atoms with Gasteiger partial charge in [0, 0.05) is 16.1 Å². The molecule has 1 N–H and O–H groups in total. The Morgan fingerprint density at radius 1 is 1.35 bits per heavy atom. The van der Waals surface area contributed by atoms with E-state index >= 15 is 0 Å². The zero-order valence-electron chi connectivity index (χ0n) is 13.4. The third kappa shape index (κ3) is 5.27. The summed E-state index contributed by atoms with van der Waals surface area (Å²) in [7, 11) is 1.52. The number of amides is 1. The van der Waals surface area contributed by atoms with Gasteiger partial charge in [0.1, 0.15) is 5.75 Å². The number of nitro groups is 1. The highest BCUT2D eigenvalue weighted by Gasteiger charge is 2.14. The Morgan fingerprint density at radius 3 is 2.77 bits per heavy atom. The Bertz CT molecular complexity index is 858. The van der Waals surface area contributed by atoms with E-state index in [1.54, 1.807) is 12.1 Å². The number of para-hydroxylation sites is 2. The summed E-state index contributed by atoms with van der Waals surface area (Å²) in [5, 5.41) is 14.7. The van der Waals surface area contributed by atoms with Crippen LogP contribution in [-0.2, 0) is 4.79 Å². The molecule has 0 unspecified atom stereocenters. The van der Waals surface area contributed by atoms with Crippen LogP contribution < -0.4 is 14.9 Å². The van der Waals surface area contributed by atoms with E-state index < -0.39 is 17.4 Å². The van der Waals surface area contributed by atoms with Crippen molar-refractivity contribution in [1.82, 2.24) is 5.43 Å². The molecule has 0 fully saturated rings. The zero-order chi connectivity index (χ0) is 19.1. The summed E-state index contributed by atoms with van der Waals surface area (Å²) in [5.41, 5.74) is 2.71. The first-order chi connectivity index (χ1) is 12.4. The summed E-state index contributed by atoms with van der Waals surface area (Å²) >= 11 is 6.73. The number of halogens is 2. The molecule has 0 saturated carbocycles. The second-order valence-electron chi connectivity index (χ2n) is 4.82. The lowest BCUT2D eigenvalue weighted by Crippen LogP contribution is -2.24. The number of methoxy groups -OCH3 is 1. The number of benzene rings is 2. The average molecular weight is 487 g/mol. The number of nitrogens with one attached hydrogen (secondary N) is 1. The second-order valence-corrected chi connectivity index (χ2v) is 6.59. The predicted octanol–water partition coefficient (Wildman–Crippen LogP) is 3.66. The van der Waals surface area contributed by atoms with Crippen molar-refractivity contribution in [1.29, 1.82) is 0 Å². The van der Waals surface area contributed by atoms with E-state index in [1.807, 2.05) is 6.07 Å². The lowest BCUT2D eigenvalue weighted by molar-refractivity contribution is -0.385. The third-order valence-electron chi connectivity index (χ3n) is 3.05. The van der Waals surface area contributed by atoms with E-state index in [4.69, 9.17) is 9.47 Å². The smallest absolute Gasteiger partial charge is 0.310 e. The SMILES string of the molecule is COc1c(Br)cc(Br)cc1/C=N\NC(=O)COc1ccccc1[N+](=O)[O-]. The fraction of sp³-hybridized carbons (Fsp3) is 0.125. The van der Waals surface area contributed by atoms with Gasteiger partial charge in [-0.2, -0.15) is 5.10 Å². The van der Waals surface area contributed by atoms with Crippen molar-refractivity contribution in [2.45, 2.75) is 0 Å². The predicted molar refractivity (Wildman–Crippen MR) is 103 cm³/mol. The summed E-state index contributed by atoms with van der Waals surface area (Å²) in [6.45, 7) is -0.415. The largest absolute Gasteiger partial charge is 0.495 e. The van der Waals surface area contributed by atoms with Gasteiger partial charge in [-0.1, -0.05) is 28.1 Å². The van der Waals surface area contributed by atoms with Crippen molar-refractivity contribution >= 4 is 49.7 Å². The van der Waals surface area contributed by atoms with Crippen LogP contribution in [0.4, 0.5) is 5.69 Å². The zero-order valence-corrected chi connectivity index (χ0v) is 16.6. The van der Waals surface area contributed by atoms with Gasteiger partial charge in [0.15, 0.2) is 12.4 Å². The van der Waals surface area contributed by atoms with Crippen molar-refractivity contribution < 1.29 is 19.2 Å². The first kappa shape index (κ1) is 19.9. The Morgan fingerprint density at radius 2 is 2.08 bits per heavy atom. The van der Waals surface area contributed by atoms with Gasteiger partial charge >= 0.3 is 5.69 Å². The molecule has 136 valence electrons. The Kier molecular flexibility index (Phi) is 7.10. The first-order valence-electron chi connectivity index (χ1n) is 7.13. The van der Waals surface area contributed by atoms with Gasteiger partial charge in [0.05, 0.1) is 22.7 Å². The molecular weight excluding hydrogens is 474 g/mol. The molecule has 0 heterocycles. The maximum absolute atomic E-state index is 11.8. The quantitative estimate of drug-likeness (QED) is 0.365. The van der Waals surface area contributed by atoms with Gasteiger partial charge in [-0.05, 0) is 34.1 Å². The molecule has 10 heteroatoms. The monoisotopic (exact) mass is 485 g/mol. The number of ether oxygens (including phenoxy) is 2. The van der Waals surface area contributed by atoms with Crippen LogP contribution in [0, 0.1) is 10.1 Å². The van der Waals surface area contributed by atoms with Crippen LogP contribution in [0.5, 0.6) is 11.5 Å². The van der Waals surface area contributed by atoms with Crippen molar-refractivity contribution in [3.8, 4) is 11.5 Å². The number of nitrogens with zero attached hydrogens (tertiary/aromatic N) is 2. The molecule has 1 amide bonds. The van der Waals surface area contributed by atoms with Crippen LogP contribution in [0.3, 0.4) is 0 Å². The van der Waals surface area contributed by atoms with E-state index in [0.717, 1.165) is 8.95 Å². The van der Waals surface area contributed by atoms with Crippen molar-refractivity contribution in [2.75, 3.05) is 13.7 Å². The van der Waals surface area contributed by atoms with Crippen LogP contribution in [0.25, 0.3) is 0 Å². The van der Waals surface area contributed by atoms with Crippen molar-refractivity contribution in [3.05, 3.63) is 61.0 Å². The van der Waals surface area contributed by atoms with Gasteiger partial charge in [-0.3, -0.25) is 14.9 Å². The Labute approximate surface area is 165 Å². The molecule has 0 saturated heterocycles. The molecule has 0 radical (unpaired) electrons. The van der Waals surface area contributed by atoms with Crippen molar-refractivity contribution in [3.63, 3.8) is 0 Å². The molecule has 2 rings (SSSR count). The average Bonchev–Trinajstić information content (AvgIpc) is 2.59. The minimum Gasteiger partial charge on any atom is -0.495 e. The van der Waals surface area contributed by atoms with Crippen LogP contribution in [-0.4, -0.2) is 30.8 Å². The number of nitro benzene ring substituents is 1. The maximum Gasteiger partial charge on any atom is 0.310 e.